The molecule has 5 heteroatoms. The van der Waals surface area contributed by atoms with Crippen LogP contribution < -0.4 is 5.32 Å². The highest BCUT2D eigenvalue weighted by molar-refractivity contribution is 7.10. The number of rotatable bonds is 4. The molecule has 4 nitrogen and oxygen atoms in total. The van der Waals surface area contributed by atoms with Crippen molar-refractivity contribution in [2.75, 3.05) is 0 Å². The Kier molecular flexibility index (Phi) is 3.97. The second kappa shape index (κ2) is 6.26. The molecule has 0 aliphatic heterocycles. The Morgan fingerprint density at radius 1 is 1.30 bits per heavy atom. The van der Waals surface area contributed by atoms with Crippen LogP contribution in [0.3, 0.4) is 0 Å². The first-order chi connectivity index (χ1) is 11.3. The number of hydrogen-bond acceptors (Lipinski definition) is 4. The average molecular weight is 324 g/mol. The molecular formula is C18H20N4S. The first-order valence-electron chi connectivity index (χ1n) is 8.06. The molecule has 118 valence electrons. The van der Waals surface area contributed by atoms with Gasteiger partial charge < -0.3 is 5.32 Å². The lowest BCUT2D eigenvalue weighted by molar-refractivity contribution is 0.463. The van der Waals surface area contributed by atoms with Gasteiger partial charge in [-0.25, -0.2) is 9.97 Å². The summed E-state index contributed by atoms with van der Waals surface area (Å²) in [6, 6.07) is 6.97. The molecule has 0 radical (unpaired) electrons. The smallest absolute Gasteiger partial charge is 0.137 e. The molecule has 1 N–H and O–H groups in total. The number of nitrogens with one attached hydrogen (secondary N) is 1. The maximum absolute atomic E-state index is 4.57. The summed E-state index contributed by atoms with van der Waals surface area (Å²) in [5, 5.41) is 5.91. The summed E-state index contributed by atoms with van der Waals surface area (Å²) in [7, 11) is 0. The summed E-state index contributed by atoms with van der Waals surface area (Å²) in [6.07, 6.45) is 9.44. The Balaban J connectivity index is 1.44. The molecule has 0 bridgehead atoms. The third-order valence-corrected chi connectivity index (χ3v) is 5.48. The van der Waals surface area contributed by atoms with Crippen molar-refractivity contribution in [2.24, 2.45) is 0 Å². The number of fused-ring (bicyclic) bond motifs is 1. The quantitative estimate of drug-likeness (QED) is 0.793. The third kappa shape index (κ3) is 2.94. The Labute approximate surface area is 140 Å². The first-order valence-corrected chi connectivity index (χ1v) is 8.94. The highest BCUT2D eigenvalue weighted by Gasteiger charge is 2.20. The van der Waals surface area contributed by atoms with Crippen LogP contribution in [0.25, 0.3) is 5.82 Å². The van der Waals surface area contributed by atoms with Crippen molar-refractivity contribution in [3.8, 4) is 5.82 Å². The van der Waals surface area contributed by atoms with Gasteiger partial charge in [0.25, 0.3) is 0 Å². The molecule has 3 heterocycles. The summed E-state index contributed by atoms with van der Waals surface area (Å²) in [6.45, 7) is 2.84. The molecule has 0 fully saturated rings. The van der Waals surface area contributed by atoms with E-state index in [9.17, 15) is 0 Å². The Hall–Kier alpha value is -1.98. The van der Waals surface area contributed by atoms with E-state index in [1.807, 2.05) is 35.2 Å². The normalized spacial score (nSPS) is 17.2. The fourth-order valence-electron chi connectivity index (χ4n) is 3.22. The van der Waals surface area contributed by atoms with Crippen LogP contribution in [-0.2, 0) is 13.0 Å². The van der Waals surface area contributed by atoms with E-state index in [-0.39, 0.29) is 0 Å². The van der Waals surface area contributed by atoms with Crippen LogP contribution in [0.4, 0.5) is 0 Å². The SMILES string of the molecule is Cc1nccn1-c1ccc(CN[C@@H]2CCCc3sccc32)cn1. The van der Waals surface area contributed by atoms with E-state index >= 15 is 0 Å². The molecule has 0 saturated carbocycles. The number of aryl methyl sites for hydroxylation is 2. The minimum absolute atomic E-state index is 0.487. The minimum Gasteiger partial charge on any atom is -0.306 e. The predicted octanol–water partition coefficient (Wildman–Crippen LogP) is 3.80. The van der Waals surface area contributed by atoms with Crippen LogP contribution in [-0.4, -0.2) is 14.5 Å². The fraction of sp³-hybridized carbons (Fsp3) is 0.333. The number of pyridine rings is 1. The van der Waals surface area contributed by atoms with Crippen molar-refractivity contribution in [1.29, 1.82) is 0 Å². The molecule has 0 unspecified atom stereocenters. The predicted molar refractivity (Wildman–Crippen MR) is 92.9 cm³/mol. The number of imidazole rings is 1. The van der Waals surface area contributed by atoms with Gasteiger partial charge in [-0.3, -0.25) is 4.57 Å². The Morgan fingerprint density at radius 2 is 2.26 bits per heavy atom. The molecule has 0 amide bonds. The molecule has 3 aromatic rings. The van der Waals surface area contributed by atoms with Gasteiger partial charge >= 0.3 is 0 Å². The third-order valence-electron chi connectivity index (χ3n) is 4.49. The zero-order valence-electron chi connectivity index (χ0n) is 13.2. The van der Waals surface area contributed by atoms with Gasteiger partial charge in [0.1, 0.15) is 11.6 Å². The Bertz CT molecular complexity index is 787. The number of aromatic nitrogens is 3. The highest BCUT2D eigenvalue weighted by atomic mass is 32.1. The number of thiophene rings is 1. The second-order valence-corrected chi connectivity index (χ2v) is 6.99. The molecule has 1 atom stereocenters. The van der Waals surface area contributed by atoms with Gasteiger partial charge in [0, 0.05) is 36.1 Å². The molecule has 4 rings (SSSR count). The van der Waals surface area contributed by atoms with Crippen molar-refractivity contribution >= 4 is 11.3 Å². The van der Waals surface area contributed by atoms with Gasteiger partial charge in [-0.15, -0.1) is 11.3 Å². The van der Waals surface area contributed by atoms with Crippen LogP contribution >= 0.6 is 11.3 Å². The molecular weight excluding hydrogens is 304 g/mol. The van der Waals surface area contributed by atoms with E-state index in [1.165, 1.54) is 30.4 Å². The molecule has 0 saturated heterocycles. The maximum atomic E-state index is 4.57. The van der Waals surface area contributed by atoms with Crippen molar-refractivity contribution in [3.63, 3.8) is 0 Å². The van der Waals surface area contributed by atoms with Gasteiger partial charge in [0.15, 0.2) is 0 Å². The zero-order chi connectivity index (χ0) is 15.6. The largest absolute Gasteiger partial charge is 0.306 e. The monoisotopic (exact) mass is 324 g/mol. The van der Waals surface area contributed by atoms with Gasteiger partial charge in [-0.05, 0) is 54.8 Å². The summed E-state index contributed by atoms with van der Waals surface area (Å²) < 4.78 is 2.00. The van der Waals surface area contributed by atoms with Gasteiger partial charge in [0.2, 0.25) is 0 Å². The highest BCUT2D eigenvalue weighted by Crippen LogP contribution is 2.33. The van der Waals surface area contributed by atoms with Gasteiger partial charge in [-0.1, -0.05) is 6.07 Å². The molecule has 0 spiro atoms. The van der Waals surface area contributed by atoms with Crippen LogP contribution in [0.1, 0.15) is 40.7 Å². The molecule has 0 aromatic carbocycles. The van der Waals surface area contributed by atoms with Crippen LogP contribution in [0, 0.1) is 6.92 Å². The summed E-state index contributed by atoms with van der Waals surface area (Å²) in [5.41, 5.74) is 2.72. The van der Waals surface area contributed by atoms with Crippen LogP contribution in [0.2, 0.25) is 0 Å². The van der Waals surface area contributed by atoms with Gasteiger partial charge in [-0.2, -0.15) is 0 Å². The topological polar surface area (TPSA) is 42.7 Å². The lowest BCUT2D eigenvalue weighted by Crippen LogP contribution is -2.23. The molecule has 1 aliphatic rings. The first kappa shape index (κ1) is 14.6. The van der Waals surface area contributed by atoms with Crippen molar-refractivity contribution in [2.45, 2.75) is 38.8 Å². The van der Waals surface area contributed by atoms with Crippen LogP contribution in [0.5, 0.6) is 0 Å². The fourth-order valence-corrected chi connectivity index (χ4v) is 4.21. The number of nitrogens with zero attached hydrogens (tertiary/aromatic N) is 3. The van der Waals surface area contributed by atoms with E-state index in [0.717, 1.165) is 18.2 Å². The van der Waals surface area contributed by atoms with E-state index < -0.39 is 0 Å². The van der Waals surface area contributed by atoms with E-state index in [2.05, 4.69) is 38.9 Å². The summed E-state index contributed by atoms with van der Waals surface area (Å²) >= 11 is 1.89. The van der Waals surface area contributed by atoms with E-state index in [4.69, 9.17) is 0 Å². The number of hydrogen-bond donors (Lipinski definition) is 1. The average Bonchev–Trinajstić information content (AvgIpc) is 3.22. The van der Waals surface area contributed by atoms with Crippen molar-refractivity contribution < 1.29 is 0 Å². The van der Waals surface area contributed by atoms with Crippen molar-refractivity contribution in [3.05, 3.63) is 64.0 Å². The molecule has 3 aromatic heterocycles. The van der Waals surface area contributed by atoms with Crippen molar-refractivity contribution in [1.82, 2.24) is 19.9 Å². The van der Waals surface area contributed by atoms with Crippen LogP contribution in [0.15, 0.2) is 42.2 Å². The van der Waals surface area contributed by atoms with E-state index in [1.54, 1.807) is 11.1 Å². The molecule has 23 heavy (non-hydrogen) atoms. The molecule has 1 aliphatic carbocycles. The standard InChI is InChI=1S/C18H20N4S/c1-13-19-8-9-22(13)18-6-5-14(12-21-18)11-20-16-3-2-4-17-15(16)7-10-23-17/h5-10,12,16,20H,2-4,11H2,1H3/t16-/m1/s1. The zero-order valence-corrected chi connectivity index (χ0v) is 14.0. The second-order valence-electron chi connectivity index (χ2n) is 5.99. The lowest BCUT2D eigenvalue weighted by Gasteiger charge is -2.23. The summed E-state index contributed by atoms with van der Waals surface area (Å²) in [4.78, 5) is 10.4. The lowest BCUT2D eigenvalue weighted by atomic mass is 9.94. The maximum Gasteiger partial charge on any atom is 0.137 e. The van der Waals surface area contributed by atoms with E-state index in [0.29, 0.717) is 6.04 Å². The Morgan fingerprint density at radius 3 is 3.04 bits per heavy atom. The van der Waals surface area contributed by atoms with Gasteiger partial charge in [0.05, 0.1) is 0 Å². The summed E-state index contributed by atoms with van der Waals surface area (Å²) in [5.74, 6) is 1.87. The minimum atomic E-state index is 0.487.